The lowest BCUT2D eigenvalue weighted by atomic mass is 9.45. The standard InChI is InChI=1S/C45H73N5O6/c1-26(2)16-34(24-48(9)10)46-43(53)32-17-31(18-35(19-32)49(11)22-27(3)4)36-15-13-14-30(42(36)55-12)23-50-41(40(29(6)52)39(25-51)56-50)44(54)47-38-21-33-20-37(28(38)5)45(33,7)8/h13-15,17-19,26-29,33-34,37-41,43,46,51-53H,16,20-25H2,1-12H3,(H,47,54)/t28-,29-,33+,34-,37-,38-,39-,40+,41-,43?/m0/s1. The molecular formula is C45H73N5O6. The van der Waals surface area contributed by atoms with Gasteiger partial charge in [-0.2, -0.15) is 5.06 Å². The maximum Gasteiger partial charge on any atom is 0.240 e. The summed E-state index contributed by atoms with van der Waals surface area (Å²) in [6.45, 7) is 18.9. The number of methoxy groups -OCH3 is 1. The highest BCUT2D eigenvalue weighted by molar-refractivity contribution is 5.83. The Kier molecular flexibility index (Phi) is 14.6. The third kappa shape index (κ3) is 9.73. The van der Waals surface area contributed by atoms with Crippen molar-refractivity contribution in [1.29, 1.82) is 0 Å². The third-order valence-corrected chi connectivity index (χ3v) is 13.1. The van der Waals surface area contributed by atoms with Crippen LogP contribution < -0.4 is 20.3 Å². The van der Waals surface area contributed by atoms with Crippen LogP contribution in [-0.2, 0) is 16.2 Å². The first-order valence-corrected chi connectivity index (χ1v) is 21.0. The number of anilines is 1. The molecule has 0 aromatic heterocycles. The lowest BCUT2D eigenvalue weighted by Gasteiger charge is -2.62. The number of hydrogen-bond donors (Lipinski definition) is 5. The maximum atomic E-state index is 14.3. The van der Waals surface area contributed by atoms with E-state index in [1.165, 1.54) is 6.42 Å². The number of hydroxylamine groups is 2. The first-order valence-electron chi connectivity index (χ1n) is 21.0. The molecule has 3 saturated carbocycles. The van der Waals surface area contributed by atoms with Crippen LogP contribution in [0.15, 0.2) is 36.4 Å². The summed E-state index contributed by atoms with van der Waals surface area (Å²) in [5.74, 6) is 2.19. The molecule has 56 heavy (non-hydrogen) atoms. The van der Waals surface area contributed by atoms with Crippen LogP contribution in [0.1, 0.15) is 92.0 Å². The van der Waals surface area contributed by atoms with Crippen LogP contribution in [0.2, 0.25) is 0 Å². The Morgan fingerprint density at radius 2 is 1.75 bits per heavy atom. The van der Waals surface area contributed by atoms with Crippen molar-refractivity contribution in [1.82, 2.24) is 20.6 Å². The van der Waals surface area contributed by atoms with Crippen LogP contribution in [0.3, 0.4) is 0 Å². The monoisotopic (exact) mass is 780 g/mol. The number of carbonyl (C=O) groups is 1. The highest BCUT2D eigenvalue weighted by Crippen LogP contribution is 2.61. The van der Waals surface area contributed by atoms with Crippen molar-refractivity contribution in [2.24, 2.45) is 40.9 Å². The minimum Gasteiger partial charge on any atom is -0.496 e. The number of aliphatic hydroxyl groups is 3. The van der Waals surface area contributed by atoms with E-state index in [-0.39, 0.29) is 36.6 Å². The molecule has 10 atom stereocenters. The highest BCUT2D eigenvalue weighted by atomic mass is 16.7. The zero-order valence-corrected chi connectivity index (χ0v) is 36.3. The summed E-state index contributed by atoms with van der Waals surface area (Å²) in [6.07, 6.45) is 0.545. The largest absolute Gasteiger partial charge is 0.496 e. The van der Waals surface area contributed by atoms with Crippen LogP contribution in [0.25, 0.3) is 11.1 Å². The number of amides is 1. The highest BCUT2D eigenvalue weighted by Gasteiger charge is 2.57. The summed E-state index contributed by atoms with van der Waals surface area (Å²) in [6, 6.07) is 11.5. The van der Waals surface area contributed by atoms with E-state index in [4.69, 9.17) is 9.57 Å². The quantitative estimate of drug-likeness (QED) is 0.121. The van der Waals surface area contributed by atoms with Crippen LogP contribution >= 0.6 is 0 Å². The van der Waals surface area contributed by atoms with Crippen LogP contribution in [0, 0.1) is 40.9 Å². The molecule has 4 aliphatic rings. The lowest BCUT2D eigenvalue weighted by molar-refractivity contribution is -0.183. The van der Waals surface area contributed by atoms with E-state index >= 15 is 0 Å². The molecule has 1 saturated heterocycles. The average molecular weight is 780 g/mol. The molecule has 3 aliphatic carbocycles. The van der Waals surface area contributed by atoms with Crippen LogP contribution in [0.5, 0.6) is 5.75 Å². The molecule has 4 fully saturated rings. The van der Waals surface area contributed by atoms with Gasteiger partial charge in [0.05, 0.1) is 26.4 Å². The topological polar surface area (TPSA) is 130 Å². The molecule has 1 heterocycles. The zero-order valence-electron chi connectivity index (χ0n) is 36.3. The number of rotatable bonds is 18. The van der Waals surface area contributed by atoms with Gasteiger partial charge in [-0.1, -0.05) is 66.7 Å². The minimum atomic E-state index is -0.895. The van der Waals surface area contributed by atoms with Gasteiger partial charge < -0.3 is 35.2 Å². The van der Waals surface area contributed by atoms with Gasteiger partial charge in [-0.3, -0.25) is 14.9 Å². The summed E-state index contributed by atoms with van der Waals surface area (Å²) in [5, 5.41) is 41.7. The molecule has 1 unspecified atom stereocenters. The van der Waals surface area contributed by atoms with Gasteiger partial charge >= 0.3 is 0 Å². The van der Waals surface area contributed by atoms with Crippen LogP contribution in [-0.4, -0.2) is 109 Å². The molecule has 1 amide bonds. The number of aliphatic hydroxyl groups excluding tert-OH is 3. The number of nitrogens with zero attached hydrogens (tertiary/aromatic N) is 3. The summed E-state index contributed by atoms with van der Waals surface area (Å²) >= 11 is 0. The number of benzene rings is 2. The molecular weight excluding hydrogens is 707 g/mol. The average Bonchev–Trinajstić information content (AvgIpc) is 3.49. The summed E-state index contributed by atoms with van der Waals surface area (Å²) in [4.78, 5) is 25.0. The van der Waals surface area contributed by atoms with E-state index in [9.17, 15) is 20.1 Å². The molecule has 5 N–H and O–H groups in total. The number of para-hydroxylation sites is 1. The van der Waals surface area contributed by atoms with Gasteiger partial charge in [0, 0.05) is 55.0 Å². The number of ether oxygens (including phenoxy) is 1. The van der Waals surface area contributed by atoms with E-state index < -0.39 is 30.4 Å². The lowest BCUT2D eigenvalue weighted by Crippen LogP contribution is -2.62. The number of carbonyl (C=O) groups excluding carboxylic acids is 1. The normalized spacial score (nSPS) is 27.6. The molecule has 6 rings (SSSR count). The molecule has 2 bridgehead atoms. The van der Waals surface area contributed by atoms with Gasteiger partial charge in [-0.25, -0.2) is 0 Å². The fourth-order valence-electron chi connectivity index (χ4n) is 10.2. The van der Waals surface area contributed by atoms with E-state index in [0.29, 0.717) is 35.3 Å². The molecule has 0 spiro atoms. The second kappa shape index (κ2) is 18.4. The fraction of sp³-hybridized carbons (Fsp3) is 0.711. The van der Waals surface area contributed by atoms with Crippen molar-refractivity contribution in [3.63, 3.8) is 0 Å². The van der Waals surface area contributed by atoms with Gasteiger partial charge in [0.25, 0.3) is 0 Å². The summed E-state index contributed by atoms with van der Waals surface area (Å²) in [5.41, 5.74) is 4.56. The van der Waals surface area contributed by atoms with Crippen LogP contribution in [0.4, 0.5) is 5.69 Å². The van der Waals surface area contributed by atoms with E-state index in [0.717, 1.165) is 53.9 Å². The maximum absolute atomic E-state index is 14.3. The Labute approximate surface area is 337 Å². The summed E-state index contributed by atoms with van der Waals surface area (Å²) < 4.78 is 6.17. The number of fused-ring (bicyclic) bond motifs is 2. The third-order valence-electron chi connectivity index (χ3n) is 13.1. The fourth-order valence-corrected chi connectivity index (χ4v) is 10.2. The van der Waals surface area contributed by atoms with Gasteiger partial charge in [0.2, 0.25) is 5.91 Å². The van der Waals surface area contributed by atoms with Gasteiger partial charge in [-0.05, 0) is 105 Å². The Morgan fingerprint density at radius 1 is 1.04 bits per heavy atom. The van der Waals surface area contributed by atoms with Crippen molar-refractivity contribution in [2.45, 2.75) is 118 Å². The number of hydrogen-bond acceptors (Lipinski definition) is 10. The molecule has 0 radical (unpaired) electrons. The zero-order chi connectivity index (χ0) is 41.2. The Hall–Kier alpha value is -2.77. The smallest absolute Gasteiger partial charge is 0.240 e. The van der Waals surface area contributed by atoms with E-state index in [2.05, 4.69) is 102 Å². The molecule has 11 nitrogen and oxygen atoms in total. The number of likely N-dealkylation sites (N-methyl/N-ethyl adjacent to an activating group) is 1. The van der Waals surface area contributed by atoms with Crippen molar-refractivity contribution < 1.29 is 29.7 Å². The first kappa shape index (κ1) is 44.3. The van der Waals surface area contributed by atoms with E-state index in [1.54, 1.807) is 19.1 Å². The molecule has 2 aromatic rings. The van der Waals surface area contributed by atoms with Gasteiger partial charge in [0.1, 0.15) is 24.1 Å². The molecule has 2 aromatic carbocycles. The molecule has 11 heteroatoms. The van der Waals surface area contributed by atoms with Crippen molar-refractivity contribution >= 4 is 11.6 Å². The van der Waals surface area contributed by atoms with E-state index in [1.807, 2.05) is 24.3 Å². The predicted molar refractivity (Wildman–Crippen MR) is 224 cm³/mol. The number of nitrogens with one attached hydrogen (secondary N) is 2. The summed E-state index contributed by atoms with van der Waals surface area (Å²) in [7, 11) is 7.83. The van der Waals surface area contributed by atoms with Gasteiger partial charge in [0.15, 0.2) is 0 Å². The SMILES string of the molecule is COc1c(CN2O[C@@H](CO)[C@@H]([C@H](C)O)[C@H]2C(=O)N[C@H]2C[C@H]3C[C@@H]([C@@H]2C)C3(C)C)cccc1-c1cc(C(O)N[C@@H](CC(C)C)CN(C)C)cc(N(C)CC(C)C)c1. The van der Waals surface area contributed by atoms with Gasteiger partial charge in [-0.15, -0.1) is 0 Å². The predicted octanol–water partition coefficient (Wildman–Crippen LogP) is 5.67. The van der Waals surface area contributed by atoms with Crippen molar-refractivity contribution in [2.75, 3.05) is 52.8 Å². The van der Waals surface area contributed by atoms with Crippen molar-refractivity contribution in [3.8, 4) is 16.9 Å². The molecule has 1 aliphatic heterocycles. The Bertz CT molecular complexity index is 1610. The second-order valence-electron chi connectivity index (χ2n) is 19.0. The first-order chi connectivity index (χ1) is 26.4. The minimum absolute atomic E-state index is 0.0467. The van der Waals surface area contributed by atoms with Crippen molar-refractivity contribution in [3.05, 3.63) is 47.5 Å². The Balaban J connectivity index is 1.48. The molecule has 314 valence electrons. The Morgan fingerprint density at radius 3 is 2.32 bits per heavy atom. The second-order valence-corrected chi connectivity index (χ2v) is 19.0.